The minimum absolute atomic E-state index is 0.164. The van der Waals surface area contributed by atoms with Gasteiger partial charge in [-0.2, -0.15) is 17.6 Å². The highest BCUT2D eigenvalue weighted by atomic mass is 79.9. The zero-order chi connectivity index (χ0) is 25.6. The summed E-state index contributed by atoms with van der Waals surface area (Å²) in [5.74, 6) is 0.856. The zero-order valence-corrected chi connectivity index (χ0v) is 23.1. The van der Waals surface area contributed by atoms with Gasteiger partial charge in [-0.1, -0.05) is 34.1 Å². The first-order valence-corrected chi connectivity index (χ1v) is 14.2. The maximum Gasteiger partial charge on any atom is 0.283 e. The Labute approximate surface area is 219 Å². The molecule has 4 aromatic rings. The topological polar surface area (TPSA) is 97.4 Å². The van der Waals surface area contributed by atoms with Crippen LogP contribution >= 0.6 is 15.9 Å². The predicted octanol–water partition coefficient (Wildman–Crippen LogP) is 4.39. The molecule has 0 amide bonds. The summed E-state index contributed by atoms with van der Waals surface area (Å²) in [6, 6.07) is 13.2. The number of aromatic nitrogens is 4. The van der Waals surface area contributed by atoms with Crippen LogP contribution < -0.4 is 0 Å². The smallest absolute Gasteiger partial charge is 0.283 e. The second kappa shape index (κ2) is 9.70. The van der Waals surface area contributed by atoms with Crippen molar-refractivity contribution in [3.05, 3.63) is 59.0 Å². The second-order valence-electron chi connectivity index (χ2n) is 9.63. The molecular formula is C25H29BrN6O3S. The van der Waals surface area contributed by atoms with Gasteiger partial charge in [-0.05, 0) is 52.0 Å². The van der Waals surface area contributed by atoms with Crippen LogP contribution in [0.5, 0.6) is 0 Å². The third-order valence-electron chi connectivity index (χ3n) is 6.60. The van der Waals surface area contributed by atoms with Crippen molar-refractivity contribution in [3.8, 4) is 11.5 Å². The van der Waals surface area contributed by atoms with Crippen LogP contribution in [-0.2, 0) is 16.6 Å². The molecular weight excluding hydrogens is 544 g/mol. The molecule has 190 valence electrons. The standard InChI is InChI=1S/C25H29BrN6O3S/c1-16(2)31-17(3)13-30(14-18(31)4)15-24-28-29-25(35-24)21-10-19(26)11-23-22(21)12-27-32(23)36(33,34)20-8-6-5-7-9-20/h5-12,16-18H,13-15H2,1-4H3. The number of piperazine rings is 1. The third kappa shape index (κ3) is 4.60. The summed E-state index contributed by atoms with van der Waals surface area (Å²) in [7, 11) is -3.87. The number of fused-ring (bicyclic) bond motifs is 1. The Bertz CT molecular complexity index is 1470. The van der Waals surface area contributed by atoms with E-state index in [4.69, 9.17) is 4.42 Å². The highest BCUT2D eigenvalue weighted by Crippen LogP contribution is 2.33. The van der Waals surface area contributed by atoms with E-state index in [1.807, 2.05) is 6.07 Å². The van der Waals surface area contributed by atoms with Gasteiger partial charge in [0.15, 0.2) is 0 Å². The van der Waals surface area contributed by atoms with E-state index in [0.717, 1.165) is 17.2 Å². The third-order valence-corrected chi connectivity index (χ3v) is 8.68. The molecule has 2 aromatic carbocycles. The van der Waals surface area contributed by atoms with Crippen LogP contribution in [-0.4, -0.2) is 68.8 Å². The Morgan fingerprint density at radius 3 is 2.44 bits per heavy atom. The Morgan fingerprint density at radius 1 is 1.08 bits per heavy atom. The Balaban J connectivity index is 1.44. The molecule has 2 aromatic heterocycles. The first kappa shape index (κ1) is 25.1. The fourth-order valence-electron chi connectivity index (χ4n) is 5.34. The molecule has 0 N–H and O–H groups in total. The summed E-state index contributed by atoms with van der Waals surface area (Å²) in [6.45, 7) is 11.4. The van der Waals surface area contributed by atoms with Crippen LogP contribution in [0.2, 0.25) is 0 Å². The molecule has 5 rings (SSSR count). The monoisotopic (exact) mass is 572 g/mol. The number of benzene rings is 2. The second-order valence-corrected chi connectivity index (χ2v) is 12.3. The van der Waals surface area contributed by atoms with Gasteiger partial charge in [-0.15, -0.1) is 10.2 Å². The molecule has 1 saturated heterocycles. The molecule has 1 aliphatic rings. The molecule has 11 heteroatoms. The molecule has 1 fully saturated rings. The summed E-state index contributed by atoms with van der Waals surface area (Å²) in [5.41, 5.74) is 1.05. The fraction of sp³-hybridized carbons (Fsp3) is 0.400. The van der Waals surface area contributed by atoms with Crippen LogP contribution in [0, 0.1) is 0 Å². The summed E-state index contributed by atoms with van der Waals surface area (Å²) < 4.78 is 34.3. The molecule has 0 radical (unpaired) electrons. The lowest BCUT2D eigenvalue weighted by Gasteiger charge is -2.46. The lowest BCUT2D eigenvalue weighted by molar-refractivity contribution is 0.0102. The predicted molar refractivity (Wildman–Crippen MR) is 141 cm³/mol. The van der Waals surface area contributed by atoms with Crippen LogP contribution in [0.4, 0.5) is 0 Å². The average Bonchev–Trinajstić information content (AvgIpc) is 3.46. The van der Waals surface area contributed by atoms with Gasteiger partial charge in [0.1, 0.15) is 0 Å². The van der Waals surface area contributed by atoms with E-state index < -0.39 is 10.0 Å². The zero-order valence-electron chi connectivity index (χ0n) is 20.7. The molecule has 0 saturated carbocycles. The first-order valence-electron chi connectivity index (χ1n) is 12.0. The Morgan fingerprint density at radius 2 is 1.78 bits per heavy atom. The lowest BCUT2D eigenvalue weighted by atomic mass is 10.1. The van der Waals surface area contributed by atoms with E-state index in [0.29, 0.717) is 57.4 Å². The van der Waals surface area contributed by atoms with Gasteiger partial charge < -0.3 is 4.42 Å². The fourth-order valence-corrected chi connectivity index (χ4v) is 7.07. The SMILES string of the molecule is CC(C)N1C(C)CN(Cc2nnc(-c3cc(Br)cc4c3cnn4S(=O)(=O)c3ccccc3)o2)CC1C. The molecule has 0 bridgehead atoms. The van der Waals surface area contributed by atoms with Crippen molar-refractivity contribution in [2.45, 2.75) is 57.3 Å². The maximum absolute atomic E-state index is 13.2. The van der Waals surface area contributed by atoms with Crippen molar-refractivity contribution in [1.82, 2.24) is 29.2 Å². The van der Waals surface area contributed by atoms with Gasteiger partial charge in [-0.25, -0.2) is 0 Å². The quantitative estimate of drug-likeness (QED) is 0.335. The maximum atomic E-state index is 13.2. The molecule has 0 aliphatic carbocycles. The molecule has 9 nitrogen and oxygen atoms in total. The van der Waals surface area contributed by atoms with Gasteiger partial charge in [0, 0.05) is 41.1 Å². The average molecular weight is 574 g/mol. The normalized spacial score (nSPS) is 19.9. The minimum atomic E-state index is -3.87. The van der Waals surface area contributed by atoms with Gasteiger partial charge in [-0.3, -0.25) is 9.80 Å². The highest BCUT2D eigenvalue weighted by Gasteiger charge is 2.32. The van der Waals surface area contributed by atoms with Crippen molar-refractivity contribution in [2.24, 2.45) is 0 Å². The van der Waals surface area contributed by atoms with E-state index in [9.17, 15) is 8.42 Å². The van der Waals surface area contributed by atoms with Gasteiger partial charge in [0.25, 0.3) is 10.0 Å². The van der Waals surface area contributed by atoms with Crippen molar-refractivity contribution in [3.63, 3.8) is 0 Å². The first-order chi connectivity index (χ1) is 17.1. The van der Waals surface area contributed by atoms with Gasteiger partial charge >= 0.3 is 0 Å². The van der Waals surface area contributed by atoms with Crippen LogP contribution in [0.3, 0.4) is 0 Å². The molecule has 3 heterocycles. The van der Waals surface area contributed by atoms with E-state index in [2.05, 4.69) is 68.7 Å². The van der Waals surface area contributed by atoms with Crippen LogP contribution in [0.1, 0.15) is 33.6 Å². The van der Waals surface area contributed by atoms with Gasteiger partial charge in [0.05, 0.1) is 28.7 Å². The lowest BCUT2D eigenvalue weighted by Crippen LogP contribution is -2.58. The number of hydrogen-bond acceptors (Lipinski definition) is 8. The molecule has 1 aliphatic heterocycles. The molecule has 2 atom stereocenters. The summed E-state index contributed by atoms with van der Waals surface area (Å²) >= 11 is 3.50. The minimum Gasteiger partial charge on any atom is -0.419 e. The van der Waals surface area contributed by atoms with Crippen molar-refractivity contribution in [2.75, 3.05) is 13.1 Å². The summed E-state index contributed by atoms with van der Waals surface area (Å²) in [4.78, 5) is 5.04. The Kier molecular flexibility index (Phi) is 6.75. The number of rotatable bonds is 6. The van der Waals surface area contributed by atoms with E-state index >= 15 is 0 Å². The molecule has 36 heavy (non-hydrogen) atoms. The Hall–Kier alpha value is -2.60. The number of halogens is 1. The van der Waals surface area contributed by atoms with Crippen molar-refractivity contribution in [1.29, 1.82) is 0 Å². The number of hydrogen-bond donors (Lipinski definition) is 0. The largest absolute Gasteiger partial charge is 0.419 e. The van der Waals surface area contributed by atoms with Crippen LogP contribution in [0.15, 0.2) is 62.4 Å². The van der Waals surface area contributed by atoms with Crippen molar-refractivity contribution >= 4 is 36.9 Å². The molecule has 0 spiro atoms. The van der Waals surface area contributed by atoms with E-state index in [1.54, 1.807) is 36.4 Å². The van der Waals surface area contributed by atoms with E-state index in [-0.39, 0.29) is 4.90 Å². The van der Waals surface area contributed by atoms with Gasteiger partial charge in [0.2, 0.25) is 11.8 Å². The highest BCUT2D eigenvalue weighted by molar-refractivity contribution is 9.10. The van der Waals surface area contributed by atoms with Crippen LogP contribution in [0.25, 0.3) is 22.4 Å². The summed E-state index contributed by atoms with van der Waals surface area (Å²) in [5, 5.41) is 13.4. The number of nitrogens with zero attached hydrogens (tertiary/aromatic N) is 6. The summed E-state index contributed by atoms with van der Waals surface area (Å²) in [6.07, 6.45) is 1.52. The van der Waals surface area contributed by atoms with Crippen molar-refractivity contribution < 1.29 is 12.8 Å². The van der Waals surface area contributed by atoms with E-state index in [1.165, 1.54) is 6.20 Å². The molecule has 2 unspecified atom stereocenters.